The summed E-state index contributed by atoms with van der Waals surface area (Å²) in [7, 11) is 3.00. The first-order valence-electron chi connectivity index (χ1n) is 10.0. The number of methoxy groups -OCH3 is 2. The molecule has 9 nitrogen and oxygen atoms in total. The molecule has 0 aromatic heterocycles. The Labute approximate surface area is 205 Å². The van der Waals surface area contributed by atoms with Gasteiger partial charge in [0, 0.05) is 5.69 Å². The second-order valence-electron chi connectivity index (χ2n) is 6.85. The lowest BCUT2D eigenvalue weighted by Gasteiger charge is -2.13. The van der Waals surface area contributed by atoms with Crippen LogP contribution in [-0.4, -0.2) is 55.3 Å². The van der Waals surface area contributed by atoms with Gasteiger partial charge in [-0.25, -0.2) is 4.79 Å². The number of nitrogens with one attached hydrogen (secondary N) is 1. The van der Waals surface area contributed by atoms with Crippen molar-refractivity contribution in [1.82, 2.24) is 4.90 Å². The van der Waals surface area contributed by atoms with Crippen molar-refractivity contribution in [2.75, 3.05) is 32.7 Å². The summed E-state index contributed by atoms with van der Waals surface area (Å²) < 4.78 is 15.4. The summed E-state index contributed by atoms with van der Waals surface area (Å²) >= 11 is 6.75. The number of anilines is 1. The third-order valence-electron chi connectivity index (χ3n) is 4.63. The molecule has 0 unspecified atom stereocenters. The maximum atomic E-state index is 12.7. The fourth-order valence-corrected chi connectivity index (χ4v) is 4.08. The van der Waals surface area contributed by atoms with Crippen molar-refractivity contribution in [3.8, 4) is 11.5 Å². The second-order valence-corrected chi connectivity index (χ2v) is 8.25. The van der Waals surface area contributed by atoms with E-state index in [1.165, 1.54) is 38.5 Å². The van der Waals surface area contributed by atoms with Gasteiger partial charge in [0.2, 0.25) is 5.91 Å². The van der Waals surface area contributed by atoms with Crippen molar-refractivity contribution in [3.05, 3.63) is 57.5 Å². The Balaban J connectivity index is 1.71. The summed E-state index contributed by atoms with van der Waals surface area (Å²) in [6.07, 6.45) is 1.54. The van der Waals surface area contributed by atoms with Gasteiger partial charge in [-0.15, -0.1) is 0 Å². The van der Waals surface area contributed by atoms with Crippen molar-refractivity contribution in [2.24, 2.45) is 0 Å². The molecule has 1 heterocycles. The molecular weight excluding hydrogens is 484 g/mol. The lowest BCUT2D eigenvalue weighted by Crippen LogP contribution is -2.36. The fourth-order valence-electron chi connectivity index (χ4n) is 3.04. The molecule has 178 valence electrons. The summed E-state index contributed by atoms with van der Waals surface area (Å²) in [6.45, 7) is 1.33. The van der Waals surface area contributed by atoms with Crippen LogP contribution in [0.5, 0.6) is 11.5 Å². The molecular formula is C23H21ClN2O7S. The number of hydrogen-bond donors (Lipinski definition) is 1. The zero-order valence-electron chi connectivity index (χ0n) is 18.5. The molecule has 0 spiro atoms. The van der Waals surface area contributed by atoms with Gasteiger partial charge in [0.05, 0.1) is 36.3 Å². The van der Waals surface area contributed by atoms with Crippen LogP contribution in [-0.2, 0) is 14.3 Å². The number of carbonyl (C=O) groups excluding carboxylic acids is 4. The molecule has 3 amide bonds. The Morgan fingerprint density at radius 3 is 2.50 bits per heavy atom. The molecule has 11 heteroatoms. The number of imide groups is 1. The molecule has 3 rings (SSSR count). The largest absolute Gasteiger partial charge is 0.493 e. The number of halogens is 1. The zero-order valence-corrected chi connectivity index (χ0v) is 20.1. The van der Waals surface area contributed by atoms with Gasteiger partial charge in [0.1, 0.15) is 6.54 Å². The number of thioether (sulfide) groups is 1. The van der Waals surface area contributed by atoms with E-state index in [9.17, 15) is 19.2 Å². The van der Waals surface area contributed by atoms with Crippen LogP contribution in [0, 0.1) is 0 Å². The van der Waals surface area contributed by atoms with E-state index in [-0.39, 0.29) is 27.8 Å². The average Bonchev–Trinajstić information content (AvgIpc) is 3.07. The minimum atomic E-state index is -0.630. The molecule has 34 heavy (non-hydrogen) atoms. The van der Waals surface area contributed by atoms with E-state index in [2.05, 4.69) is 5.32 Å². The Kier molecular flexibility index (Phi) is 8.19. The minimum absolute atomic E-state index is 0.0883. The van der Waals surface area contributed by atoms with E-state index in [0.29, 0.717) is 17.1 Å². The smallest absolute Gasteiger partial charge is 0.339 e. The van der Waals surface area contributed by atoms with Gasteiger partial charge in [0.25, 0.3) is 11.1 Å². The Morgan fingerprint density at radius 2 is 1.82 bits per heavy atom. The molecule has 0 aliphatic carbocycles. The summed E-state index contributed by atoms with van der Waals surface area (Å²) in [5.41, 5.74) is 0.982. The zero-order chi connectivity index (χ0) is 24.8. The molecule has 1 aliphatic rings. The van der Waals surface area contributed by atoms with Gasteiger partial charge in [0.15, 0.2) is 11.5 Å². The highest BCUT2D eigenvalue weighted by atomic mass is 35.5. The van der Waals surface area contributed by atoms with Gasteiger partial charge in [-0.05, 0) is 60.7 Å². The van der Waals surface area contributed by atoms with Crippen molar-refractivity contribution >= 4 is 58.1 Å². The molecule has 2 aromatic rings. The van der Waals surface area contributed by atoms with Crippen LogP contribution in [0.1, 0.15) is 22.8 Å². The van der Waals surface area contributed by atoms with Gasteiger partial charge in [-0.1, -0.05) is 17.7 Å². The van der Waals surface area contributed by atoms with Crippen LogP contribution in [0.15, 0.2) is 41.3 Å². The number of carbonyl (C=O) groups is 4. The SMILES string of the molecule is CCOC(=O)c1cc(NC(=O)CN2C(=O)S/C(=C/c3ccc(OC)c(OC)c3)C2=O)ccc1Cl. The van der Waals surface area contributed by atoms with Gasteiger partial charge in [-0.3, -0.25) is 19.3 Å². The average molecular weight is 505 g/mol. The lowest BCUT2D eigenvalue weighted by molar-refractivity contribution is -0.127. The lowest BCUT2D eigenvalue weighted by atomic mass is 10.2. The molecule has 0 saturated carbocycles. The predicted octanol–water partition coefficient (Wildman–Crippen LogP) is 4.21. The standard InChI is InChI=1S/C23H21ClN2O7S/c1-4-33-22(29)15-11-14(6-7-16(15)24)25-20(27)12-26-21(28)19(34-23(26)30)10-13-5-8-17(31-2)18(9-13)32-3/h5-11H,4,12H2,1-3H3,(H,25,27)/b19-10+. The number of amides is 3. The molecule has 1 N–H and O–H groups in total. The number of benzene rings is 2. The van der Waals surface area contributed by atoms with Gasteiger partial charge in [-0.2, -0.15) is 0 Å². The maximum absolute atomic E-state index is 12.7. The molecule has 0 radical (unpaired) electrons. The Bertz CT molecular complexity index is 1180. The predicted molar refractivity (Wildman–Crippen MR) is 128 cm³/mol. The van der Waals surface area contributed by atoms with Crippen LogP contribution >= 0.6 is 23.4 Å². The highest BCUT2D eigenvalue weighted by Gasteiger charge is 2.36. The molecule has 1 saturated heterocycles. The number of esters is 1. The van der Waals surface area contributed by atoms with Crippen molar-refractivity contribution in [1.29, 1.82) is 0 Å². The van der Waals surface area contributed by atoms with E-state index in [1.54, 1.807) is 25.1 Å². The number of rotatable bonds is 8. The van der Waals surface area contributed by atoms with Crippen molar-refractivity contribution < 1.29 is 33.4 Å². The monoisotopic (exact) mass is 504 g/mol. The van der Waals surface area contributed by atoms with Crippen molar-refractivity contribution in [2.45, 2.75) is 6.92 Å². The number of ether oxygens (including phenoxy) is 3. The highest BCUT2D eigenvalue weighted by Crippen LogP contribution is 2.34. The number of hydrogen-bond acceptors (Lipinski definition) is 8. The van der Waals surface area contributed by atoms with Crippen LogP contribution in [0.25, 0.3) is 6.08 Å². The highest BCUT2D eigenvalue weighted by molar-refractivity contribution is 8.18. The van der Waals surface area contributed by atoms with Crippen LogP contribution in [0.2, 0.25) is 5.02 Å². The molecule has 2 aromatic carbocycles. The summed E-state index contributed by atoms with van der Waals surface area (Å²) in [5.74, 6) is -0.845. The topological polar surface area (TPSA) is 111 Å². The maximum Gasteiger partial charge on any atom is 0.339 e. The first-order valence-corrected chi connectivity index (χ1v) is 11.2. The van der Waals surface area contributed by atoms with E-state index in [0.717, 1.165) is 16.7 Å². The summed E-state index contributed by atoms with van der Waals surface area (Å²) in [5, 5.41) is 2.15. The molecule has 1 aliphatic heterocycles. The van der Waals surface area contributed by atoms with Crippen molar-refractivity contribution in [3.63, 3.8) is 0 Å². The Hall–Kier alpha value is -3.50. The van der Waals surface area contributed by atoms with Gasteiger partial charge < -0.3 is 19.5 Å². The van der Waals surface area contributed by atoms with E-state index < -0.39 is 29.6 Å². The quantitative estimate of drug-likeness (QED) is 0.420. The van der Waals surface area contributed by atoms with Crippen LogP contribution in [0.3, 0.4) is 0 Å². The number of nitrogens with zero attached hydrogens (tertiary/aromatic N) is 1. The summed E-state index contributed by atoms with van der Waals surface area (Å²) in [6, 6.07) is 9.36. The fraction of sp³-hybridized carbons (Fsp3) is 0.217. The normalized spacial score (nSPS) is 14.4. The van der Waals surface area contributed by atoms with Crippen LogP contribution < -0.4 is 14.8 Å². The van der Waals surface area contributed by atoms with Gasteiger partial charge >= 0.3 is 5.97 Å². The summed E-state index contributed by atoms with van der Waals surface area (Å²) in [4.78, 5) is 50.6. The van der Waals surface area contributed by atoms with E-state index in [1.807, 2.05) is 0 Å². The first kappa shape index (κ1) is 25.1. The van der Waals surface area contributed by atoms with E-state index in [4.69, 9.17) is 25.8 Å². The minimum Gasteiger partial charge on any atom is -0.493 e. The molecule has 0 atom stereocenters. The molecule has 0 bridgehead atoms. The third kappa shape index (κ3) is 5.70. The first-order chi connectivity index (χ1) is 16.3. The van der Waals surface area contributed by atoms with Crippen LogP contribution in [0.4, 0.5) is 10.5 Å². The Morgan fingerprint density at radius 1 is 1.09 bits per heavy atom. The van der Waals surface area contributed by atoms with E-state index >= 15 is 0 Å². The molecule has 1 fully saturated rings. The second kappa shape index (κ2) is 11.1. The third-order valence-corrected chi connectivity index (χ3v) is 5.86.